The molecule has 14 atom stereocenters. The summed E-state index contributed by atoms with van der Waals surface area (Å²) in [5, 5.41) is 37.2. The molecule has 5 heterocycles. The lowest BCUT2D eigenvalue weighted by Gasteiger charge is -2.47. The van der Waals surface area contributed by atoms with Crippen LogP contribution in [0.5, 0.6) is 0 Å². The number of methoxy groups -OCH3 is 1. The summed E-state index contributed by atoms with van der Waals surface area (Å²) in [7, 11) is 5.22. The van der Waals surface area contributed by atoms with Gasteiger partial charge in [0.2, 0.25) is 0 Å². The molecule has 2 fully saturated rings. The molecule has 0 unspecified atom stereocenters. The maximum Gasteiger partial charge on any atom is 0.337 e. The highest BCUT2D eigenvalue weighted by molar-refractivity contribution is 7.14. The molecule has 62 heavy (non-hydrogen) atoms. The summed E-state index contributed by atoms with van der Waals surface area (Å²) in [6.45, 7) is 15.7. The molecule has 344 valence electrons. The van der Waals surface area contributed by atoms with Crippen LogP contribution in [0.25, 0.3) is 10.7 Å². The number of hydrogen-bond donors (Lipinski definition) is 3. The van der Waals surface area contributed by atoms with Crippen molar-refractivity contribution in [2.75, 3.05) is 21.2 Å². The maximum absolute atomic E-state index is 15.2. The van der Waals surface area contributed by atoms with Crippen molar-refractivity contribution in [1.82, 2.24) is 20.1 Å². The molecule has 4 N–H and O–H groups in total. The molecule has 5 rings (SSSR count). The number of pyridine rings is 1. The van der Waals surface area contributed by atoms with Crippen molar-refractivity contribution < 1.29 is 53.1 Å². The van der Waals surface area contributed by atoms with Gasteiger partial charge in [-0.2, -0.15) is 0 Å². The van der Waals surface area contributed by atoms with E-state index < -0.39 is 83.4 Å². The molecule has 3 aliphatic heterocycles. The van der Waals surface area contributed by atoms with Crippen molar-refractivity contribution in [1.29, 1.82) is 0 Å². The number of aliphatic hydroxyl groups is 2. The average molecular weight is 887 g/mol. The zero-order valence-corrected chi connectivity index (χ0v) is 38.9. The van der Waals surface area contributed by atoms with Crippen LogP contribution >= 0.6 is 11.3 Å². The quantitative estimate of drug-likeness (QED) is 0.103. The zero-order chi connectivity index (χ0) is 45.8. The lowest BCUT2D eigenvalue weighted by atomic mass is 9.65. The first-order valence-corrected chi connectivity index (χ1v) is 22.4. The van der Waals surface area contributed by atoms with Crippen molar-refractivity contribution >= 4 is 34.9 Å². The van der Waals surface area contributed by atoms with Gasteiger partial charge in [0, 0.05) is 43.0 Å². The first-order chi connectivity index (χ1) is 29.2. The summed E-state index contributed by atoms with van der Waals surface area (Å²) in [5.41, 5.74) is 4.36. The van der Waals surface area contributed by atoms with E-state index >= 15 is 4.79 Å². The second-order valence-electron chi connectivity index (χ2n) is 17.7. The van der Waals surface area contributed by atoms with Gasteiger partial charge in [-0.1, -0.05) is 56.7 Å². The highest BCUT2D eigenvalue weighted by atomic mass is 32.1. The number of esters is 2. The number of aromatic nitrogens is 3. The second kappa shape index (κ2) is 20.2. The molecule has 3 aliphatic rings. The van der Waals surface area contributed by atoms with Gasteiger partial charge in [-0.3, -0.25) is 14.6 Å². The van der Waals surface area contributed by atoms with Crippen molar-refractivity contribution in [2.24, 2.45) is 40.5 Å². The number of oxime groups is 1. The number of nitrogens with zero attached hydrogens (tertiary/aromatic N) is 5. The molecule has 0 radical (unpaired) electrons. The third kappa shape index (κ3) is 10.00. The Labute approximate surface area is 368 Å². The molecule has 0 amide bonds. The van der Waals surface area contributed by atoms with Crippen LogP contribution < -0.4 is 5.73 Å². The molecular weight excluding hydrogens is 821 g/mol. The summed E-state index contributed by atoms with van der Waals surface area (Å²) in [6.07, 6.45) is -2.00. The number of aliphatic hydroxyl groups excluding tert-OH is 2. The van der Waals surface area contributed by atoms with Gasteiger partial charge in [0.1, 0.15) is 35.4 Å². The number of rotatable bonds is 12. The Bertz CT molecular complexity index is 1950. The molecular formula is C44H66N6O11S. The Morgan fingerprint density at radius 1 is 1.15 bits per heavy atom. The number of Topliss-reactive ketones (excluding diaryl/α,β-unsaturated/α-hetero) is 1. The number of likely N-dealkylation sites (N-methyl/N-ethyl adjacent to an activating group) is 1. The van der Waals surface area contributed by atoms with Gasteiger partial charge in [-0.25, -0.2) is 4.79 Å². The molecule has 2 aromatic rings. The van der Waals surface area contributed by atoms with E-state index in [-0.39, 0.29) is 47.9 Å². The Morgan fingerprint density at radius 2 is 1.85 bits per heavy atom. The summed E-state index contributed by atoms with van der Waals surface area (Å²) < 4.78 is 31.5. The lowest BCUT2D eigenvalue weighted by Crippen LogP contribution is -2.58. The molecule has 2 saturated heterocycles. The van der Waals surface area contributed by atoms with Crippen molar-refractivity contribution in [2.45, 2.75) is 148 Å². The van der Waals surface area contributed by atoms with Crippen LogP contribution in [0, 0.1) is 29.6 Å². The number of ether oxygens (including phenoxy) is 5. The van der Waals surface area contributed by atoms with Gasteiger partial charge in [-0.05, 0) is 86.5 Å². The molecule has 0 aliphatic carbocycles. The van der Waals surface area contributed by atoms with E-state index in [4.69, 9.17) is 34.3 Å². The number of nitrogens with two attached hydrogens (primary N) is 1. The van der Waals surface area contributed by atoms with E-state index in [2.05, 4.69) is 20.3 Å². The minimum Gasteiger partial charge on any atom is -0.511 e. The highest BCUT2D eigenvalue weighted by Crippen LogP contribution is 2.49. The second-order valence-corrected chi connectivity index (χ2v) is 18.7. The van der Waals surface area contributed by atoms with Crippen LogP contribution in [0.4, 0.5) is 0 Å². The summed E-state index contributed by atoms with van der Waals surface area (Å²) in [5.74, 6) is -7.12. The normalized spacial score (nSPS) is 37.0. The summed E-state index contributed by atoms with van der Waals surface area (Å²) >= 11 is 1.27. The predicted molar refractivity (Wildman–Crippen MR) is 230 cm³/mol. The van der Waals surface area contributed by atoms with Crippen LogP contribution in [-0.2, 0) is 42.9 Å². The molecule has 0 saturated carbocycles. The Kier molecular flexibility index (Phi) is 15.9. The fraction of sp³-hybridized carbons (Fsp3) is 0.705. The van der Waals surface area contributed by atoms with Gasteiger partial charge < -0.3 is 49.4 Å². The van der Waals surface area contributed by atoms with Crippen LogP contribution in [-0.4, -0.2) is 123 Å². The van der Waals surface area contributed by atoms with E-state index in [9.17, 15) is 19.8 Å². The predicted octanol–water partition coefficient (Wildman–Crippen LogP) is 5.53. The number of carbonyl (C=O) groups excluding carboxylic acids is 3. The van der Waals surface area contributed by atoms with E-state index in [0.29, 0.717) is 35.0 Å². The molecule has 0 bridgehead atoms. The van der Waals surface area contributed by atoms with Crippen molar-refractivity contribution in [3.8, 4) is 10.7 Å². The topological polar surface area (TPSA) is 227 Å². The van der Waals surface area contributed by atoms with E-state index in [1.54, 1.807) is 53.8 Å². The molecule has 18 heteroatoms. The van der Waals surface area contributed by atoms with Crippen LogP contribution in [0.1, 0.15) is 106 Å². The van der Waals surface area contributed by atoms with E-state index in [1.807, 2.05) is 45.0 Å². The van der Waals surface area contributed by atoms with Gasteiger partial charge >= 0.3 is 11.9 Å². The Hall–Kier alpha value is -4.07. The number of amidine groups is 1. The monoisotopic (exact) mass is 886 g/mol. The number of hydrogen-bond acceptors (Lipinski definition) is 17. The number of fused-ring (bicyclic) bond motifs is 1. The minimum atomic E-state index is -1.57. The van der Waals surface area contributed by atoms with Gasteiger partial charge in [0.15, 0.2) is 33.8 Å². The smallest absolute Gasteiger partial charge is 0.337 e. The van der Waals surface area contributed by atoms with Crippen molar-refractivity contribution in [3.63, 3.8) is 0 Å². The van der Waals surface area contributed by atoms with Gasteiger partial charge in [0.05, 0.1) is 23.4 Å². The van der Waals surface area contributed by atoms with Crippen molar-refractivity contribution in [3.05, 3.63) is 40.7 Å². The molecule has 0 spiro atoms. The Morgan fingerprint density at radius 3 is 2.47 bits per heavy atom. The molecule has 0 aromatic carbocycles. The Balaban J connectivity index is 1.57. The van der Waals surface area contributed by atoms with Gasteiger partial charge in [-0.15, -0.1) is 10.2 Å². The SMILES string of the molecule is CCC[C@H]1C(=O)[C@H](C)C[C@@](C)(OC)[C@H](O[C@@H]2O[C@H](C)C[C@H](N(C)C)[C@H]2O)[C@@H](C)/C(O)=C(\C)C(=O)O[C@@H](CC)[C@@]2(C)OC(=O)[C@@H](/C(N)=N/O[C@@H](C)c3nnc(-c4ccccn4)s3)[C@H]12. The van der Waals surface area contributed by atoms with E-state index in [0.717, 1.165) is 0 Å². The summed E-state index contributed by atoms with van der Waals surface area (Å²) in [4.78, 5) is 55.6. The zero-order valence-electron chi connectivity index (χ0n) is 38.1. The number of cyclic esters (lactones) is 1. The highest BCUT2D eigenvalue weighted by Gasteiger charge is 2.63. The number of carbonyl (C=O) groups is 3. The van der Waals surface area contributed by atoms with Crippen LogP contribution in [0.2, 0.25) is 0 Å². The van der Waals surface area contributed by atoms with Crippen LogP contribution in [0.3, 0.4) is 0 Å². The fourth-order valence-electron chi connectivity index (χ4n) is 9.48. The first-order valence-electron chi connectivity index (χ1n) is 21.5. The minimum absolute atomic E-state index is 0.0798. The standard InChI is InChI=1S/C44H66N6O11S/c1-13-17-27-32-31(37(45)49-61-26(7)38-47-48-39(62-38)28-18-15-16-19-46-28)41(55)60-44(32,9)30(14-2)58-40(54)25(6)34(52)24(5)36(43(8,56-12)21-22(3)33(27)51)59-42-35(53)29(50(10)11)20-23(4)57-42/h15-16,18-19,22-24,26-27,29-32,35-36,42,52-53H,13-14,17,20-21H2,1-12H3,(H2,45,49)/b34-25-/t22-,23-,24+,26+,27-,29+,30+,31-,32+,35-,36-,42+,43-,44-/m1/s1. The number of ketones is 1. The third-order valence-electron chi connectivity index (χ3n) is 13.0. The lowest BCUT2D eigenvalue weighted by molar-refractivity contribution is -0.296. The van der Waals surface area contributed by atoms with E-state index in [1.165, 1.54) is 25.4 Å². The summed E-state index contributed by atoms with van der Waals surface area (Å²) in [6, 6.07) is 5.17. The molecule has 17 nitrogen and oxygen atoms in total. The average Bonchev–Trinajstić information content (AvgIpc) is 3.85. The van der Waals surface area contributed by atoms with Gasteiger partial charge in [0.25, 0.3) is 0 Å². The largest absolute Gasteiger partial charge is 0.511 e. The molecule has 2 aromatic heterocycles. The third-order valence-corrected chi connectivity index (χ3v) is 14.1. The first kappa shape index (κ1) is 49.0. The van der Waals surface area contributed by atoms with Crippen LogP contribution in [0.15, 0.2) is 40.9 Å². The maximum atomic E-state index is 15.2. The fourth-order valence-corrected chi connectivity index (χ4v) is 10.3.